The average Bonchev–Trinajstić information content (AvgIpc) is 2.57. The van der Waals surface area contributed by atoms with Gasteiger partial charge in [-0.25, -0.2) is 4.39 Å². The van der Waals surface area contributed by atoms with Crippen LogP contribution in [0.4, 0.5) is 15.8 Å². The number of benzene rings is 2. The quantitative estimate of drug-likeness (QED) is 0.932. The van der Waals surface area contributed by atoms with Crippen LogP contribution in [0.2, 0.25) is 0 Å². The smallest absolute Gasteiger partial charge is 0.249 e. The van der Waals surface area contributed by atoms with Gasteiger partial charge < -0.3 is 10.2 Å². The molecule has 2 aromatic rings. The number of rotatable bonds is 3. The van der Waals surface area contributed by atoms with Crippen LogP contribution >= 0.6 is 0 Å². The standard InChI is InChI=1S/C19H21FN2O/c1-13-9-10-16(12-17(13)20)21-14(2)19(23)22-11-5-7-15-6-3-4-8-18(15)22/h3-4,6,8-10,12,14,21H,5,7,11H2,1-2H3. The minimum absolute atomic E-state index is 0.0122. The molecule has 0 radical (unpaired) electrons. The highest BCUT2D eigenvalue weighted by atomic mass is 19.1. The zero-order valence-electron chi connectivity index (χ0n) is 13.5. The predicted octanol–water partition coefficient (Wildman–Crippen LogP) is 3.91. The Bertz CT molecular complexity index is 729. The summed E-state index contributed by atoms with van der Waals surface area (Å²) >= 11 is 0. The van der Waals surface area contributed by atoms with Gasteiger partial charge in [-0.05, 0) is 56.0 Å². The lowest BCUT2D eigenvalue weighted by Crippen LogP contribution is -2.44. The first-order valence-electron chi connectivity index (χ1n) is 7.98. The van der Waals surface area contributed by atoms with Crippen LogP contribution in [0.15, 0.2) is 42.5 Å². The number of halogens is 1. The molecular formula is C19H21FN2O. The van der Waals surface area contributed by atoms with Gasteiger partial charge in [0.2, 0.25) is 5.91 Å². The molecule has 0 saturated heterocycles. The van der Waals surface area contributed by atoms with E-state index in [0.717, 1.165) is 25.1 Å². The van der Waals surface area contributed by atoms with Crippen LogP contribution < -0.4 is 10.2 Å². The number of aryl methyl sites for hydroxylation is 2. The summed E-state index contributed by atoms with van der Waals surface area (Å²) in [6.07, 6.45) is 1.97. The first-order chi connectivity index (χ1) is 11.1. The first kappa shape index (κ1) is 15.5. The number of nitrogens with zero attached hydrogens (tertiary/aromatic N) is 1. The van der Waals surface area contributed by atoms with E-state index in [1.807, 2.05) is 30.0 Å². The second-order valence-electron chi connectivity index (χ2n) is 6.05. The molecule has 1 aliphatic heterocycles. The van der Waals surface area contributed by atoms with E-state index in [0.29, 0.717) is 11.3 Å². The fourth-order valence-corrected chi connectivity index (χ4v) is 2.99. The van der Waals surface area contributed by atoms with Gasteiger partial charge in [0.15, 0.2) is 0 Å². The fourth-order valence-electron chi connectivity index (χ4n) is 2.99. The molecule has 0 bridgehead atoms. The van der Waals surface area contributed by atoms with Crippen molar-refractivity contribution in [1.82, 2.24) is 0 Å². The van der Waals surface area contributed by atoms with Crippen molar-refractivity contribution in [3.8, 4) is 0 Å². The molecule has 0 fully saturated rings. The number of fused-ring (bicyclic) bond motifs is 1. The van der Waals surface area contributed by atoms with Crippen LogP contribution in [0.3, 0.4) is 0 Å². The topological polar surface area (TPSA) is 32.3 Å². The Morgan fingerprint density at radius 1 is 1.26 bits per heavy atom. The summed E-state index contributed by atoms with van der Waals surface area (Å²) in [6, 6.07) is 12.6. The largest absolute Gasteiger partial charge is 0.374 e. The van der Waals surface area contributed by atoms with Gasteiger partial charge >= 0.3 is 0 Å². The summed E-state index contributed by atoms with van der Waals surface area (Å²) in [5.74, 6) is -0.254. The van der Waals surface area contributed by atoms with Crippen molar-refractivity contribution in [1.29, 1.82) is 0 Å². The lowest BCUT2D eigenvalue weighted by molar-refractivity contribution is -0.119. The number of anilines is 2. The van der Waals surface area contributed by atoms with Gasteiger partial charge in [-0.2, -0.15) is 0 Å². The molecule has 23 heavy (non-hydrogen) atoms. The van der Waals surface area contributed by atoms with E-state index in [2.05, 4.69) is 11.4 Å². The van der Waals surface area contributed by atoms with Gasteiger partial charge in [-0.15, -0.1) is 0 Å². The van der Waals surface area contributed by atoms with Crippen molar-refractivity contribution in [2.45, 2.75) is 32.7 Å². The van der Waals surface area contributed by atoms with Crippen LogP contribution in [0.5, 0.6) is 0 Å². The molecule has 0 spiro atoms. The van der Waals surface area contributed by atoms with Gasteiger partial charge in [-0.3, -0.25) is 4.79 Å². The monoisotopic (exact) mass is 312 g/mol. The van der Waals surface area contributed by atoms with Gasteiger partial charge in [0.1, 0.15) is 11.9 Å². The zero-order chi connectivity index (χ0) is 16.4. The molecule has 0 saturated carbocycles. The van der Waals surface area contributed by atoms with Crippen LogP contribution in [-0.2, 0) is 11.2 Å². The molecule has 3 nitrogen and oxygen atoms in total. The Balaban J connectivity index is 1.76. The molecule has 1 heterocycles. The Kier molecular flexibility index (Phi) is 4.33. The second-order valence-corrected chi connectivity index (χ2v) is 6.05. The van der Waals surface area contributed by atoms with Gasteiger partial charge in [0, 0.05) is 17.9 Å². The lowest BCUT2D eigenvalue weighted by atomic mass is 10.0. The van der Waals surface area contributed by atoms with Crippen molar-refractivity contribution in [3.05, 3.63) is 59.4 Å². The van der Waals surface area contributed by atoms with Gasteiger partial charge in [0.25, 0.3) is 0 Å². The molecule has 2 aromatic carbocycles. The predicted molar refractivity (Wildman–Crippen MR) is 91.3 cm³/mol. The summed E-state index contributed by atoms with van der Waals surface area (Å²) in [5.41, 5.74) is 3.42. The van der Waals surface area contributed by atoms with E-state index in [1.165, 1.54) is 11.6 Å². The summed E-state index contributed by atoms with van der Waals surface area (Å²) < 4.78 is 13.6. The van der Waals surface area contributed by atoms with Crippen LogP contribution in [-0.4, -0.2) is 18.5 Å². The second kappa shape index (κ2) is 6.41. The number of hydrogen-bond acceptors (Lipinski definition) is 2. The molecule has 0 aromatic heterocycles. The van der Waals surface area contributed by atoms with Gasteiger partial charge in [0.05, 0.1) is 0 Å². The van der Waals surface area contributed by atoms with E-state index in [4.69, 9.17) is 0 Å². The molecule has 1 aliphatic rings. The number of amides is 1. The van der Waals surface area contributed by atoms with E-state index in [1.54, 1.807) is 19.1 Å². The maximum Gasteiger partial charge on any atom is 0.249 e. The number of para-hydroxylation sites is 1. The van der Waals surface area contributed by atoms with E-state index < -0.39 is 6.04 Å². The summed E-state index contributed by atoms with van der Waals surface area (Å²) in [7, 11) is 0. The molecule has 1 unspecified atom stereocenters. The third-order valence-electron chi connectivity index (χ3n) is 4.30. The molecule has 1 atom stereocenters. The highest BCUT2D eigenvalue weighted by Gasteiger charge is 2.26. The SMILES string of the molecule is Cc1ccc(NC(C)C(=O)N2CCCc3ccccc32)cc1F. The summed E-state index contributed by atoms with van der Waals surface area (Å²) in [5, 5.41) is 3.11. The molecule has 1 amide bonds. The molecule has 0 aliphatic carbocycles. The Morgan fingerprint density at radius 2 is 2.04 bits per heavy atom. The van der Waals surface area contributed by atoms with Crippen molar-refractivity contribution in [2.75, 3.05) is 16.8 Å². The van der Waals surface area contributed by atoms with E-state index >= 15 is 0 Å². The lowest BCUT2D eigenvalue weighted by Gasteiger charge is -2.32. The molecular weight excluding hydrogens is 291 g/mol. The number of hydrogen-bond donors (Lipinski definition) is 1. The van der Waals surface area contributed by atoms with Crippen LogP contribution in [0.1, 0.15) is 24.5 Å². The summed E-state index contributed by atoms with van der Waals surface area (Å²) in [4.78, 5) is 14.6. The number of nitrogens with one attached hydrogen (secondary N) is 1. The fraction of sp³-hybridized carbons (Fsp3) is 0.316. The first-order valence-corrected chi connectivity index (χ1v) is 7.98. The zero-order valence-corrected chi connectivity index (χ0v) is 13.5. The Hall–Kier alpha value is -2.36. The maximum absolute atomic E-state index is 13.6. The van der Waals surface area contributed by atoms with Crippen molar-refractivity contribution in [2.24, 2.45) is 0 Å². The van der Waals surface area contributed by atoms with Crippen LogP contribution in [0, 0.1) is 12.7 Å². The minimum atomic E-state index is -0.414. The summed E-state index contributed by atoms with van der Waals surface area (Å²) in [6.45, 7) is 4.26. The average molecular weight is 312 g/mol. The minimum Gasteiger partial charge on any atom is -0.374 e. The third kappa shape index (κ3) is 3.21. The van der Waals surface area contributed by atoms with Gasteiger partial charge in [-0.1, -0.05) is 24.3 Å². The highest BCUT2D eigenvalue weighted by Crippen LogP contribution is 2.27. The van der Waals surface area contributed by atoms with Crippen LogP contribution in [0.25, 0.3) is 0 Å². The maximum atomic E-state index is 13.6. The molecule has 120 valence electrons. The molecule has 3 rings (SSSR count). The van der Waals surface area contributed by atoms with Crippen molar-refractivity contribution < 1.29 is 9.18 Å². The molecule has 1 N–H and O–H groups in total. The van der Waals surface area contributed by atoms with E-state index in [9.17, 15) is 9.18 Å². The Labute approximate surface area is 136 Å². The third-order valence-corrected chi connectivity index (χ3v) is 4.30. The Morgan fingerprint density at radius 3 is 2.83 bits per heavy atom. The number of carbonyl (C=O) groups excluding carboxylic acids is 1. The highest BCUT2D eigenvalue weighted by molar-refractivity contribution is 5.99. The van der Waals surface area contributed by atoms with E-state index in [-0.39, 0.29) is 11.7 Å². The number of carbonyl (C=O) groups is 1. The van der Waals surface area contributed by atoms with Crippen molar-refractivity contribution >= 4 is 17.3 Å². The molecule has 4 heteroatoms. The van der Waals surface area contributed by atoms with Crippen molar-refractivity contribution in [3.63, 3.8) is 0 Å². The normalized spacial score (nSPS) is 15.0.